The van der Waals surface area contributed by atoms with E-state index in [0.29, 0.717) is 24.4 Å². The molecule has 1 unspecified atom stereocenters. The molecule has 0 aliphatic carbocycles. The summed E-state index contributed by atoms with van der Waals surface area (Å²) in [5, 5.41) is 3.96. The average molecular weight is 447 g/mol. The van der Waals surface area contributed by atoms with E-state index < -0.39 is 10.0 Å². The van der Waals surface area contributed by atoms with Crippen LogP contribution in [0.3, 0.4) is 0 Å². The maximum Gasteiger partial charge on any atom is 0.243 e. The van der Waals surface area contributed by atoms with Crippen LogP contribution in [0, 0.1) is 5.92 Å². The second kappa shape index (κ2) is 9.71. The number of nitrogens with one attached hydrogen (secondary N) is 1. The fourth-order valence-corrected chi connectivity index (χ4v) is 6.36. The van der Waals surface area contributed by atoms with Crippen molar-refractivity contribution in [1.82, 2.24) is 19.1 Å². The molecule has 2 aliphatic heterocycles. The van der Waals surface area contributed by atoms with Crippen molar-refractivity contribution in [3.8, 4) is 0 Å². The summed E-state index contributed by atoms with van der Waals surface area (Å²) in [5.74, 6) is -0.304. The van der Waals surface area contributed by atoms with Crippen LogP contribution in [0.25, 0.3) is 10.9 Å². The monoisotopic (exact) mass is 446 g/mol. The fraction of sp³-hybridized carbons (Fsp3) is 0.609. The largest absolute Gasteiger partial charge is 0.355 e. The molecule has 1 atom stereocenters. The van der Waals surface area contributed by atoms with Crippen molar-refractivity contribution in [3.63, 3.8) is 0 Å². The number of rotatable bonds is 7. The Hall–Kier alpha value is -1.90. The van der Waals surface area contributed by atoms with Crippen molar-refractivity contribution in [2.24, 2.45) is 5.92 Å². The van der Waals surface area contributed by atoms with Crippen LogP contribution in [-0.2, 0) is 21.4 Å². The first-order valence-electron chi connectivity index (χ1n) is 11.6. The number of piperidine rings is 2. The molecule has 4 rings (SSSR count). The van der Waals surface area contributed by atoms with Gasteiger partial charge in [-0.15, -0.1) is 0 Å². The highest BCUT2D eigenvalue weighted by Crippen LogP contribution is 2.27. The first-order chi connectivity index (χ1) is 15.0. The van der Waals surface area contributed by atoms with Gasteiger partial charge in [-0.3, -0.25) is 4.79 Å². The molecule has 2 aliphatic rings. The van der Waals surface area contributed by atoms with Crippen LogP contribution in [-0.4, -0.2) is 67.4 Å². The van der Waals surface area contributed by atoms with E-state index in [1.54, 1.807) is 12.1 Å². The summed E-state index contributed by atoms with van der Waals surface area (Å²) in [6, 6.07) is 7.26. The van der Waals surface area contributed by atoms with Crippen molar-refractivity contribution >= 4 is 26.8 Å². The lowest BCUT2D eigenvalue weighted by atomic mass is 9.99. The molecule has 170 valence electrons. The smallest absolute Gasteiger partial charge is 0.243 e. The highest BCUT2D eigenvalue weighted by molar-refractivity contribution is 7.89. The zero-order chi connectivity index (χ0) is 21.8. The van der Waals surface area contributed by atoms with E-state index >= 15 is 0 Å². The molecule has 3 heterocycles. The van der Waals surface area contributed by atoms with Gasteiger partial charge in [0.2, 0.25) is 15.9 Å². The van der Waals surface area contributed by atoms with Crippen molar-refractivity contribution in [3.05, 3.63) is 30.5 Å². The minimum absolute atomic E-state index is 0.0209. The van der Waals surface area contributed by atoms with Crippen molar-refractivity contribution in [2.45, 2.75) is 50.5 Å². The quantitative estimate of drug-likeness (QED) is 0.710. The van der Waals surface area contributed by atoms with Gasteiger partial charge in [0.25, 0.3) is 0 Å². The van der Waals surface area contributed by atoms with Gasteiger partial charge in [0.15, 0.2) is 0 Å². The van der Waals surface area contributed by atoms with E-state index in [4.69, 9.17) is 0 Å². The van der Waals surface area contributed by atoms with Crippen molar-refractivity contribution in [2.75, 3.05) is 39.3 Å². The van der Waals surface area contributed by atoms with Crippen LogP contribution in [0.5, 0.6) is 0 Å². The topological polar surface area (TPSA) is 74.6 Å². The molecule has 0 spiro atoms. The minimum Gasteiger partial charge on any atom is -0.355 e. The fourth-order valence-electron chi connectivity index (χ4n) is 4.80. The number of amides is 1. The number of carbonyl (C=O) groups is 1. The summed E-state index contributed by atoms with van der Waals surface area (Å²) in [5.41, 5.74) is 1.03. The van der Waals surface area contributed by atoms with E-state index in [0.717, 1.165) is 43.5 Å². The Labute approximate surface area is 185 Å². The predicted molar refractivity (Wildman–Crippen MR) is 122 cm³/mol. The summed E-state index contributed by atoms with van der Waals surface area (Å²) in [7, 11) is -3.62. The summed E-state index contributed by atoms with van der Waals surface area (Å²) < 4.78 is 30.1. The van der Waals surface area contributed by atoms with Gasteiger partial charge in [-0.1, -0.05) is 6.42 Å². The van der Waals surface area contributed by atoms with E-state index in [1.807, 2.05) is 18.3 Å². The molecule has 1 aromatic heterocycles. The van der Waals surface area contributed by atoms with Gasteiger partial charge in [0.05, 0.1) is 10.8 Å². The van der Waals surface area contributed by atoms with Crippen LogP contribution in [0.15, 0.2) is 35.4 Å². The zero-order valence-electron chi connectivity index (χ0n) is 18.4. The summed E-state index contributed by atoms with van der Waals surface area (Å²) in [6.07, 6.45) is 7.19. The van der Waals surface area contributed by atoms with Crippen LogP contribution < -0.4 is 5.32 Å². The zero-order valence-corrected chi connectivity index (χ0v) is 19.2. The van der Waals surface area contributed by atoms with Gasteiger partial charge in [0.1, 0.15) is 0 Å². The summed E-state index contributed by atoms with van der Waals surface area (Å²) in [6.45, 7) is 7.35. The third kappa shape index (κ3) is 4.96. The maximum absolute atomic E-state index is 13.3. The summed E-state index contributed by atoms with van der Waals surface area (Å²) >= 11 is 0. The normalized spacial score (nSPS) is 21.4. The van der Waals surface area contributed by atoms with Gasteiger partial charge in [-0.2, -0.15) is 4.31 Å². The lowest BCUT2D eigenvalue weighted by Gasteiger charge is -2.31. The predicted octanol–water partition coefficient (Wildman–Crippen LogP) is 2.66. The molecule has 1 N–H and O–H groups in total. The molecular formula is C23H34N4O3S. The lowest BCUT2D eigenvalue weighted by Crippen LogP contribution is -2.46. The summed E-state index contributed by atoms with van der Waals surface area (Å²) in [4.78, 5) is 15.4. The number of sulfonamides is 1. The number of aryl methyl sites for hydroxylation is 1. The third-order valence-electron chi connectivity index (χ3n) is 6.65. The van der Waals surface area contributed by atoms with Gasteiger partial charge in [-0.05, 0) is 70.0 Å². The molecule has 31 heavy (non-hydrogen) atoms. The Bertz CT molecular complexity index is 1010. The number of aromatic nitrogens is 1. The standard InChI is InChI=1S/C23H34N4O3S/c1-2-26-15-10-19-17-21(8-9-22(19)26)31(29,30)27-14-6-7-20(18-27)23(28)24-11-16-25-12-4-3-5-13-25/h8-10,15,17,20H,2-7,11-14,16,18H2,1H3,(H,24,28). The molecule has 0 saturated carbocycles. The molecule has 1 amide bonds. The molecule has 2 saturated heterocycles. The Balaban J connectivity index is 1.38. The molecule has 7 nitrogen and oxygen atoms in total. The van der Waals surface area contributed by atoms with Crippen LogP contribution in [0.1, 0.15) is 39.0 Å². The van der Waals surface area contributed by atoms with E-state index in [9.17, 15) is 13.2 Å². The SMILES string of the molecule is CCn1ccc2cc(S(=O)(=O)N3CCCC(C(=O)NCCN4CCCCC4)C3)ccc21. The van der Waals surface area contributed by atoms with Crippen LogP contribution in [0.4, 0.5) is 0 Å². The first kappa shape index (κ1) is 22.3. The van der Waals surface area contributed by atoms with Crippen LogP contribution in [0.2, 0.25) is 0 Å². The third-order valence-corrected chi connectivity index (χ3v) is 8.51. The van der Waals surface area contributed by atoms with E-state index in [-0.39, 0.29) is 18.4 Å². The van der Waals surface area contributed by atoms with E-state index in [2.05, 4.69) is 21.7 Å². The minimum atomic E-state index is -3.62. The molecule has 8 heteroatoms. The number of benzene rings is 1. The number of hydrogen-bond donors (Lipinski definition) is 1. The second-order valence-corrected chi connectivity index (χ2v) is 10.7. The first-order valence-corrected chi connectivity index (χ1v) is 13.0. The molecule has 0 radical (unpaired) electrons. The van der Waals surface area contributed by atoms with Gasteiger partial charge in [-0.25, -0.2) is 8.42 Å². The number of hydrogen-bond acceptors (Lipinski definition) is 4. The van der Waals surface area contributed by atoms with Gasteiger partial charge >= 0.3 is 0 Å². The average Bonchev–Trinajstić information content (AvgIpc) is 3.22. The highest BCUT2D eigenvalue weighted by Gasteiger charge is 2.33. The second-order valence-electron chi connectivity index (χ2n) is 8.72. The Morgan fingerprint density at radius 1 is 1.10 bits per heavy atom. The number of likely N-dealkylation sites (tertiary alicyclic amines) is 1. The number of nitrogens with zero attached hydrogens (tertiary/aromatic N) is 3. The maximum atomic E-state index is 13.3. The van der Waals surface area contributed by atoms with Crippen LogP contribution >= 0.6 is 0 Å². The van der Waals surface area contributed by atoms with Gasteiger partial charge < -0.3 is 14.8 Å². The van der Waals surface area contributed by atoms with Crippen molar-refractivity contribution < 1.29 is 13.2 Å². The Morgan fingerprint density at radius 2 is 1.90 bits per heavy atom. The molecular weight excluding hydrogens is 412 g/mol. The van der Waals surface area contributed by atoms with Crippen molar-refractivity contribution in [1.29, 1.82) is 0 Å². The molecule has 1 aromatic carbocycles. The Morgan fingerprint density at radius 3 is 2.68 bits per heavy atom. The lowest BCUT2D eigenvalue weighted by molar-refractivity contribution is -0.126. The number of carbonyl (C=O) groups excluding carboxylic acids is 1. The molecule has 0 bridgehead atoms. The van der Waals surface area contributed by atoms with E-state index in [1.165, 1.54) is 23.6 Å². The Kier molecular flexibility index (Phi) is 6.99. The highest BCUT2D eigenvalue weighted by atomic mass is 32.2. The van der Waals surface area contributed by atoms with Gasteiger partial charge in [0, 0.05) is 49.8 Å². The molecule has 2 aromatic rings. The number of fused-ring (bicyclic) bond motifs is 1. The molecule has 2 fully saturated rings.